The molecule has 0 spiro atoms. The van der Waals surface area contributed by atoms with Gasteiger partial charge in [0.25, 0.3) is 5.91 Å². The van der Waals surface area contributed by atoms with E-state index in [0.717, 1.165) is 10.4 Å². The summed E-state index contributed by atoms with van der Waals surface area (Å²) in [5.41, 5.74) is 2.59. The van der Waals surface area contributed by atoms with Gasteiger partial charge in [0.15, 0.2) is 0 Å². The molecule has 1 heterocycles. The van der Waals surface area contributed by atoms with Gasteiger partial charge >= 0.3 is 0 Å². The highest BCUT2D eigenvalue weighted by molar-refractivity contribution is 7.89. The number of carbonyl (C=O) groups excluding carboxylic acids is 1. The normalized spacial score (nSPS) is 17.8. The monoisotopic (exact) mass is 423 g/mol. The summed E-state index contributed by atoms with van der Waals surface area (Å²) in [6, 6.07) is 8.80. The first-order valence-corrected chi connectivity index (χ1v) is 10.2. The number of rotatable bonds is 5. The maximum absolute atomic E-state index is 12.8. The van der Waals surface area contributed by atoms with E-state index in [0.29, 0.717) is 17.9 Å². The third-order valence-electron chi connectivity index (χ3n) is 4.32. The highest BCUT2D eigenvalue weighted by Crippen LogP contribution is 2.27. The minimum atomic E-state index is -3.84. The van der Waals surface area contributed by atoms with Gasteiger partial charge in [-0.3, -0.25) is 4.79 Å². The molecule has 148 valence electrons. The lowest BCUT2D eigenvalue weighted by Crippen LogP contribution is -2.44. The predicted octanol–water partition coefficient (Wildman–Crippen LogP) is 2.05. The molecule has 3 rings (SSSR count). The van der Waals surface area contributed by atoms with E-state index in [1.54, 1.807) is 0 Å². The van der Waals surface area contributed by atoms with Crippen molar-refractivity contribution in [1.82, 2.24) is 9.73 Å². The van der Waals surface area contributed by atoms with Crippen LogP contribution in [0.2, 0.25) is 5.02 Å². The van der Waals surface area contributed by atoms with E-state index < -0.39 is 22.0 Å². The van der Waals surface area contributed by atoms with Crippen molar-refractivity contribution >= 4 is 33.7 Å². The van der Waals surface area contributed by atoms with E-state index in [1.165, 1.54) is 42.6 Å². The number of sulfonamides is 1. The van der Waals surface area contributed by atoms with Gasteiger partial charge in [-0.15, -0.1) is 0 Å². The van der Waals surface area contributed by atoms with Crippen molar-refractivity contribution < 1.29 is 23.4 Å². The minimum Gasteiger partial charge on any atom is -0.508 e. The average Bonchev–Trinajstić information content (AvgIpc) is 3.14. The third-order valence-corrected chi connectivity index (χ3v) is 6.49. The number of nitrogens with one attached hydrogen (secondary N) is 1. The van der Waals surface area contributed by atoms with Crippen molar-refractivity contribution in [3.63, 3.8) is 0 Å². The average molecular weight is 424 g/mol. The van der Waals surface area contributed by atoms with Gasteiger partial charge in [-0.05, 0) is 49.2 Å². The summed E-state index contributed by atoms with van der Waals surface area (Å²) in [5.74, 6) is -0.872. The lowest BCUT2D eigenvalue weighted by molar-refractivity contribution is -0.124. The number of hydrazone groups is 1. The predicted molar refractivity (Wildman–Crippen MR) is 104 cm³/mol. The van der Waals surface area contributed by atoms with Crippen LogP contribution in [0, 0.1) is 0 Å². The Kier molecular flexibility index (Phi) is 5.87. The van der Waals surface area contributed by atoms with Crippen LogP contribution in [0.1, 0.15) is 18.4 Å². The van der Waals surface area contributed by atoms with Crippen molar-refractivity contribution in [2.45, 2.75) is 23.8 Å². The van der Waals surface area contributed by atoms with Crippen molar-refractivity contribution in [3.05, 3.63) is 53.1 Å². The van der Waals surface area contributed by atoms with Crippen LogP contribution >= 0.6 is 11.6 Å². The van der Waals surface area contributed by atoms with Gasteiger partial charge in [0.2, 0.25) is 10.0 Å². The summed E-state index contributed by atoms with van der Waals surface area (Å²) in [7, 11) is -3.84. The van der Waals surface area contributed by atoms with Crippen molar-refractivity contribution in [2.75, 3.05) is 6.54 Å². The molecule has 1 fully saturated rings. The van der Waals surface area contributed by atoms with Gasteiger partial charge in [-0.2, -0.15) is 9.41 Å². The van der Waals surface area contributed by atoms with Crippen LogP contribution in [0.3, 0.4) is 0 Å². The van der Waals surface area contributed by atoms with Crippen LogP contribution in [-0.4, -0.2) is 47.6 Å². The Morgan fingerprint density at radius 3 is 2.61 bits per heavy atom. The number of aromatic hydroxyl groups is 2. The topological polar surface area (TPSA) is 119 Å². The van der Waals surface area contributed by atoms with Crippen LogP contribution < -0.4 is 5.43 Å². The standard InChI is InChI=1S/C18H18ClN3O5S/c19-13-4-7-15(8-5-13)28(26,27)22-9-1-2-16(22)18(25)21-20-11-12-3-6-14(23)10-17(12)24/h3-8,10-11,16,23-24H,1-2,9H2,(H,21,25)/b20-11-/t16-/m0/s1. The molecule has 0 saturated carbocycles. The molecule has 0 aliphatic carbocycles. The summed E-state index contributed by atoms with van der Waals surface area (Å²) in [5, 5.41) is 23.2. The van der Waals surface area contributed by atoms with Crippen LogP contribution in [0.5, 0.6) is 11.5 Å². The molecule has 1 saturated heterocycles. The molecule has 8 nitrogen and oxygen atoms in total. The lowest BCUT2D eigenvalue weighted by atomic mass is 10.2. The number of phenolic OH excluding ortho intramolecular Hbond substituents is 2. The van der Waals surface area contributed by atoms with Gasteiger partial charge in [0, 0.05) is 23.2 Å². The maximum atomic E-state index is 12.8. The largest absolute Gasteiger partial charge is 0.508 e. The van der Waals surface area contributed by atoms with Gasteiger partial charge in [-0.25, -0.2) is 13.8 Å². The number of carbonyl (C=O) groups is 1. The van der Waals surface area contributed by atoms with E-state index in [4.69, 9.17) is 11.6 Å². The molecule has 0 unspecified atom stereocenters. The Balaban J connectivity index is 1.72. The number of halogens is 1. The lowest BCUT2D eigenvalue weighted by Gasteiger charge is -2.22. The molecule has 28 heavy (non-hydrogen) atoms. The van der Waals surface area contributed by atoms with Gasteiger partial charge in [0.05, 0.1) is 11.1 Å². The van der Waals surface area contributed by atoms with Crippen LogP contribution in [0.25, 0.3) is 0 Å². The zero-order valence-corrected chi connectivity index (χ0v) is 16.2. The van der Waals surface area contributed by atoms with E-state index in [-0.39, 0.29) is 28.5 Å². The van der Waals surface area contributed by atoms with Crippen molar-refractivity contribution in [3.8, 4) is 11.5 Å². The highest BCUT2D eigenvalue weighted by atomic mass is 35.5. The number of hydrogen-bond acceptors (Lipinski definition) is 6. The quantitative estimate of drug-likeness (QED) is 0.502. The maximum Gasteiger partial charge on any atom is 0.258 e. The fraction of sp³-hybridized carbons (Fsp3) is 0.222. The molecule has 1 aliphatic heterocycles. The van der Waals surface area contributed by atoms with E-state index in [1.807, 2.05) is 0 Å². The number of hydrogen-bond donors (Lipinski definition) is 3. The Morgan fingerprint density at radius 2 is 1.93 bits per heavy atom. The second kappa shape index (κ2) is 8.17. The summed E-state index contributed by atoms with van der Waals surface area (Å²) >= 11 is 5.81. The minimum absolute atomic E-state index is 0.0640. The van der Waals surface area contributed by atoms with E-state index in [2.05, 4.69) is 10.5 Å². The zero-order chi connectivity index (χ0) is 20.3. The van der Waals surface area contributed by atoms with Crippen LogP contribution in [0.15, 0.2) is 52.5 Å². The molecule has 0 aromatic heterocycles. The van der Waals surface area contributed by atoms with Gasteiger partial charge in [-0.1, -0.05) is 11.6 Å². The van der Waals surface area contributed by atoms with Crippen LogP contribution in [-0.2, 0) is 14.8 Å². The fourth-order valence-electron chi connectivity index (χ4n) is 2.91. The molecule has 1 amide bonds. The molecular formula is C18H18ClN3O5S. The molecule has 2 aromatic carbocycles. The Bertz CT molecular complexity index is 1010. The molecular weight excluding hydrogens is 406 g/mol. The fourth-order valence-corrected chi connectivity index (χ4v) is 4.70. The molecule has 2 aromatic rings. The second-order valence-corrected chi connectivity index (χ2v) is 8.53. The van der Waals surface area contributed by atoms with Gasteiger partial charge < -0.3 is 10.2 Å². The Morgan fingerprint density at radius 1 is 1.21 bits per heavy atom. The smallest absolute Gasteiger partial charge is 0.258 e. The number of amides is 1. The van der Waals surface area contributed by atoms with Crippen LogP contribution in [0.4, 0.5) is 0 Å². The van der Waals surface area contributed by atoms with Crippen molar-refractivity contribution in [2.24, 2.45) is 5.10 Å². The summed E-state index contributed by atoms with van der Waals surface area (Å²) in [4.78, 5) is 12.5. The Labute approximate surface area is 167 Å². The third kappa shape index (κ3) is 4.27. The molecule has 3 N–H and O–H groups in total. The first-order chi connectivity index (χ1) is 13.3. The van der Waals surface area contributed by atoms with Crippen molar-refractivity contribution in [1.29, 1.82) is 0 Å². The van der Waals surface area contributed by atoms with E-state index in [9.17, 15) is 23.4 Å². The first kappa shape index (κ1) is 20.1. The summed E-state index contributed by atoms with van der Waals surface area (Å²) in [6.45, 7) is 0.228. The molecule has 10 heteroatoms. The molecule has 1 aliphatic rings. The summed E-state index contributed by atoms with van der Waals surface area (Å²) < 4.78 is 26.8. The number of phenols is 2. The summed E-state index contributed by atoms with van der Waals surface area (Å²) in [6.07, 6.45) is 2.13. The van der Waals surface area contributed by atoms with Gasteiger partial charge in [0.1, 0.15) is 17.5 Å². The molecule has 0 radical (unpaired) electrons. The molecule has 1 atom stereocenters. The highest BCUT2D eigenvalue weighted by Gasteiger charge is 2.39. The first-order valence-electron chi connectivity index (χ1n) is 8.41. The Hall–Kier alpha value is -2.62. The SMILES string of the molecule is O=C(N/N=C\c1ccc(O)cc1O)[C@@H]1CCCN1S(=O)(=O)c1ccc(Cl)cc1. The number of nitrogens with zero attached hydrogens (tertiary/aromatic N) is 2. The second-order valence-electron chi connectivity index (χ2n) is 6.21. The van der Waals surface area contributed by atoms with E-state index >= 15 is 0 Å². The molecule has 0 bridgehead atoms. The zero-order valence-electron chi connectivity index (χ0n) is 14.6. The number of benzene rings is 2.